The molecule has 7 fully saturated rings. The molecule has 83 heavy (non-hydrogen) atoms. The normalized spacial score (nSPS) is 40.7. The van der Waals surface area contributed by atoms with E-state index in [9.17, 15) is 20.1 Å². The standard InChI is InChI=1S/C71H90N4O8/c1-64(2)63(83-64)52(78)34-66(4)45-15-11-12-19-69-21-17-53-65(3,22-26-72-7)62(80)55-47-18-25-73-57(47)41-16-20-70(55,33-41)68(53,6)61(69)60(79)49(54-56(66)51(77)35-67(54,69)5)38-75-37-48(58-59(75)44(32-45)36-74-58)50(39-76)43-29-42(40-13-9-8-10-14-40)30-46(31-43)71(81)23-27-82-28-24-71/h18,25,29-31,36-37,39-41,45,49-50,52-53,55,60-61,63,72-74,78-79,81H,8-10,13-17,19-24,26-28,32-35,38H2,1-7H3/t41-,45-,49-,50+,52+,53-,55+,60+,61+,63+,65-,66+,67-,68+,69-,70-/m0/s1. The van der Waals surface area contributed by atoms with Gasteiger partial charge in [-0.25, -0.2) is 0 Å². The van der Waals surface area contributed by atoms with Gasteiger partial charge in [0.15, 0.2) is 5.78 Å². The number of benzene rings is 1. The van der Waals surface area contributed by atoms with Crippen molar-refractivity contribution in [3.05, 3.63) is 93.1 Å². The number of hydrogen-bond acceptors (Lipinski definition) is 9. The number of carbonyl (C=O) groups excluding carboxylic acids is 3. The number of ether oxygens (including phenoxy) is 2. The first-order valence-corrected chi connectivity index (χ1v) is 32.5. The molecule has 16 atom stereocenters. The Labute approximate surface area is 490 Å². The molecule has 6 heterocycles. The number of fused-ring (bicyclic) bond motifs is 7. The molecule has 0 amide bonds. The Balaban J connectivity index is 0.960. The molecule has 0 unspecified atom stereocenters. The van der Waals surface area contributed by atoms with E-state index in [0.29, 0.717) is 89.4 Å². The molecule has 4 aromatic rings. The van der Waals surface area contributed by atoms with Crippen molar-refractivity contribution < 1.29 is 39.2 Å². The van der Waals surface area contributed by atoms with E-state index in [4.69, 9.17) is 9.47 Å². The van der Waals surface area contributed by atoms with Crippen LogP contribution in [0.15, 0.2) is 54.0 Å². The molecule has 5 saturated carbocycles. The maximum Gasteiger partial charge on any atom is 0.160 e. The number of aromatic nitrogens is 3. The summed E-state index contributed by atoms with van der Waals surface area (Å²) >= 11 is 0. The zero-order valence-corrected chi connectivity index (χ0v) is 50.4. The number of epoxide rings is 1. The van der Waals surface area contributed by atoms with Gasteiger partial charge in [0.25, 0.3) is 0 Å². The van der Waals surface area contributed by atoms with Gasteiger partial charge in [-0.2, -0.15) is 0 Å². The highest BCUT2D eigenvalue weighted by atomic mass is 16.6. The first-order chi connectivity index (χ1) is 39.7. The monoisotopic (exact) mass is 1130 g/mol. The van der Waals surface area contributed by atoms with Gasteiger partial charge in [0.1, 0.15) is 18.2 Å². The molecule has 3 aromatic heterocycles. The van der Waals surface area contributed by atoms with E-state index in [1.807, 2.05) is 20.9 Å². The predicted molar refractivity (Wildman–Crippen MR) is 318 cm³/mol. The summed E-state index contributed by atoms with van der Waals surface area (Å²) in [4.78, 5) is 54.2. The van der Waals surface area contributed by atoms with Gasteiger partial charge < -0.3 is 49.4 Å². The maximum absolute atomic E-state index is 16.3. The summed E-state index contributed by atoms with van der Waals surface area (Å²) in [5.41, 5.74) is 5.54. The molecule has 15 rings (SSSR count). The number of nitrogens with one attached hydrogen (secondary N) is 3. The van der Waals surface area contributed by atoms with Crippen molar-refractivity contribution in [3.8, 4) is 11.8 Å². The molecule has 2 spiro atoms. The largest absolute Gasteiger partial charge is 0.392 e. The van der Waals surface area contributed by atoms with Crippen molar-refractivity contribution >= 4 is 28.9 Å². The number of nitrogens with zero attached hydrogens (tertiary/aromatic N) is 1. The highest BCUT2D eigenvalue weighted by Crippen LogP contribution is 2.84. The highest BCUT2D eigenvalue weighted by molar-refractivity contribution is 6.02. The molecule has 6 N–H and O–H groups in total. The Morgan fingerprint density at radius 2 is 1.70 bits per heavy atom. The average molecular weight is 1130 g/mol. The van der Waals surface area contributed by atoms with Crippen molar-refractivity contribution in [1.82, 2.24) is 19.9 Å². The number of aldehydes is 1. The van der Waals surface area contributed by atoms with Gasteiger partial charge in [0.05, 0.1) is 46.3 Å². The lowest BCUT2D eigenvalue weighted by atomic mass is 9.27. The van der Waals surface area contributed by atoms with Crippen LogP contribution >= 0.6 is 0 Å². The van der Waals surface area contributed by atoms with Crippen molar-refractivity contribution in [2.24, 2.45) is 56.2 Å². The molecular formula is C71H90N4O8. The maximum atomic E-state index is 16.3. The van der Waals surface area contributed by atoms with Gasteiger partial charge in [-0.3, -0.25) is 9.59 Å². The number of carbonyl (C=O) groups is 3. The topological polar surface area (TPSA) is 182 Å². The van der Waals surface area contributed by atoms with Gasteiger partial charge in [-0.1, -0.05) is 65.2 Å². The summed E-state index contributed by atoms with van der Waals surface area (Å²) in [5.74, 6) is 6.80. The van der Waals surface area contributed by atoms with E-state index < -0.39 is 67.7 Å². The molecule has 2 saturated heterocycles. The second kappa shape index (κ2) is 18.7. The number of rotatable bonds is 11. The van der Waals surface area contributed by atoms with E-state index in [1.54, 1.807) is 0 Å². The number of allylic oxidation sites excluding steroid dienone is 1. The Bertz CT molecular complexity index is 3450. The Morgan fingerprint density at radius 1 is 0.928 bits per heavy atom. The summed E-state index contributed by atoms with van der Waals surface area (Å²) in [6.07, 6.45) is 19.3. The van der Waals surface area contributed by atoms with Crippen molar-refractivity contribution in [3.63, 3.8) is 0 Å². The van der Waals surface area contributed by atoms with Gasteiger partial charge in [0, 0.05) is 109 Å². The number of aliphatic hydroxyl groups is 3. The fraction of sp³-hybridized carbons (Fsp3) is 0.676. The zero-order chi connectivity index (χ0) is 57.6. The third-order valence-corrected chi connectivity index (χ3v) is 26.7. The second-order valence-electron chi connectivity index (χ2n) is 30.6. The van der Waals surface area contributed by atoms with Gasteiger partial charge in [-0.05, 0) is 177 Å². The van der Waals surface area contributed by atoms with Crippen LogP contribution in [0.25, 0.3) is 11.0 Å². The van der Waals surface area contributed by atoms with Crippen molar-refractivity contribution in [1.29, 1.82) is 0 Å². The Morgan fingerprint density at radius 3 is 2.45 bits per heavy atom. The van der Waals surface area contributed by atoms with E-state index in [2.05, 4.69) is 102 Å². The van der Waals surface area contributed by atoms with Crippen molar-refractivity contribution in [2.45, 2.75) is 217 Å². The zero-order valence-electron chi connectivity index (χ0n) is 50.4. The summed E-state index contributed by atoms with van der Waals surface area (Å²) in [6, 6.07) is 8.79. The molecule has 3 aliphatic heterocycles. The first kappa shape index (κ1) is 55.0. The first-order valence-electron chi connectivity index (χ1n) is 32.5. The SMILES string of the molecule is CNCC[C@]1(C)C(=O)[C@H]2c3cc[nH]c3[C@H]3CC[C@@]2(C3)[C@]2(C)[C@H]1CC[C@]13CC#CC[C@H]4Cc5c[nH]c6c([C@H](C=O)c7cc(C8CCCCC8)cc(C8(O)CCOCC8)c7)cn(c56)C[C@@H](C5=C(C(=O)C[C@@]51C)[C@]4(C)C[C@@H](O)[C@H]1OC1(C)C)[C@@H](O)[C@@H]32. The van der Waals surface area contributed by atoms with E-state index in [-0.39, 0.29) is 41.5 Å². The molecule has 8 aliphatic carbocycles. The minimum Gasteiger partial charge on any atom is -0.392 e. The van der Waals surface area contributed by atoms with Gasteiger partial charge in [0.2, 0.25) is 0 Å². The van der Waals surface area contributed by atoms with Crippen LogP contribution in [0.4, 0.5) is 0 Å². The van der Waals surface area contributed by atoms with Crippen LogP contribution in [0.3, 0.4) is 0 Å². The van der Waals surface area contributed by atoms with Crippen LogP contribution in [-0.4, -0.2) is 98.4 Å². The molecule has 12 heteroatoms. The van der Waals surface area contributed by atoms with Crippen molar-refractivity contribution in [2.75, 3.05) is 26.8 Å². The Hall–Kier alpha value is -4.61. The number of H-pyrrole nitrogens is 2. The van der Waals surface area contributed by atoms with Crippen LogP contribution in [0, 0.1) is 68.0 Å². The molecule has 0 radical (unpaired) electrons. The average Bonchev–Trinajstić information content (AvgIpc) is 1.66. The van der Waals surface area contributed by atoms with Crippen LogP contribution in [0.2, 0.25) is 0 Å². The number of hydrogen-bond donors (Lipinski definition) is 6. The Kier molecular flexibility index (Phi) is 12.4. The predicted octanol–water partition coefficient (Wildman–Crippen LogP) is 11.1. The number of Topliss-reactive ketones (excluding diaryl/α,β-unsaturated/α-hetero) is 2. The summed E-state index contributed by atoms with van der Waals surface area (Å²) < 4.78 is 14.4. The van der Waals surface area contributed by atoms with E-state index in [0.717, 1.165) is 114 Å². The minimum atomic E-state index is -1.07. The summed E-state index contributed by atoms with van der Waals surface area (Å²) in [6.45, 7) is 15.5. The lowest BCUT2D eigenvalue weighted by molar-refractivity contribution is -0.270. The van der Waals surface area contributed by atoms with Crippen LogP contribution in [0.5, 0.6) is 0 Å². The molecular weight excluding hydrogens is 1040 g/mol. The number of aliphatic hydroxyl groups excluding tert-OH is 2. The lowest BCUT2D eigenvalue weighted by Gasteiger charge is -2.76. The highest BCUT2D eigenvalue weighted by Gasteiger charge is 2.81. The number of aromatic amines is 2. The molecule has 7 bridgehead atoms. The van der Waals surface area contributed by atoms with Crippen LogP contribution < -0.4 is 5.32 Å². The lowest BCUT2D eigenvalue weighted by Crippen LogP contribution is -2.74. The van der Waals surface area contributed by atoms with Gasteiger partial charge >= 0.3 is 0 Å². The van der Waals surface area contributed by atoms with E-state index in [1.165, 1.54) is 17.7 Å². The fourth-order valence-electron chi connectivity index (χ4n) is 22.7. The summed E-state index contributed by atoms with van der Waals surface area (Å²) in [5, 5.41) is 43.3. The molecule has 12 nitrogen and oxygen atoms in total. The molecule has 1 aromatic carbocycles. The molecule has 11 aliphatic rings. The minimum absolute atomic E-state index is 0.0279. The number of ketones is 2. The quantitative estimate of drug-likeness (QED) is 0.0484. The molecule has 442 valence electrons. The summed E-state index contributed by atoms with van der Waals surface area (Å²) in [7, 11) is 1.99. The third-order valence-electron chi connectivity index (χ3n) is 26.7. The second-order valence-corrected chi connectivity index (χ2v) is 30.6. The van der Waals surface area contributed by atoms with E-state index >= 15 is 9.59 Å². The third kappa shape index (κ3) is 7.30. The van der Waals surface area contributed by atoms with Crippen LogP contribution in [0.1, 0.15) is 213 Å². The fourth-order valence-corrected chi connectivity index (χ4v) is 22.7. The smallest absolute Gasteiger partial charge is 0.160 e. The van der Waals surface area contributed by atoms with Gasteiger partial charge in [-0.15, -0.1) is 11.8 Å². The van der Waals surface area contributed by atoms with Crippen LogP contribution in [-0.2, 0) is 42.4 Å².